The van der Waals surface area contributed by atoms with Crippen LogP contribution in [0.5, 0.6) is 0 Å². The molecule has 0 bridgehead atoms. The monoisotopic (exact) mass is 367 g/mol. The fraction of sp³-hybridized carbons (Fsp3) is 0.158. The van der Waals surface area contributed by atoms with Gasteiger partial charge in [0, 0.05) is 6.92 Å². The van der Waals surface area contributed by atoms with Crippen molar-refractivity contribution in [3.05, 3.63) is 70.5 Å². The normalized spacial score (nSPS) is 13.8. The van der Waals surface area contributed by atoms with Crippen LogP contribution in [-0.2, 0) is 16.4 Å². The third-order valence-electron chi connectivity index (χ3n) is 4.29. The number of hydrogen-bond acceptors (Lipinski definition) is 5. The molecule has 1 aromatic heterocycles. The van der Waals surface area contributed by atoms with Gasteiger partial charge in [0.15, 0.2) is 0 Å². The van der Waals surface area contributed by atoms with E-state index in [-0.39, 0.29) is 5.89 Å². The zero-order valence-electron chi connectivity index (χ0n) is 14.1. The second kappa shape index (κ2) is 6.42. The highest BCUT2D eigenvalue weighted by molar-refractivity contribution is 7.96. The minimum Gasteiger partial charge on any atom is -0.421 e. The highest BCUT2D eigenvalue weighted by atomic mass is 32.2. The zero-order chi connectivity index (χ0) is 18.1. The Morgan fingerprint density at radius 3 is 2.58 bits per heavy atom. The molecule has 0 spiro atoms. The molecular weight excluding hydrogens is 350 g/mol. The molecule has 1 N–H and O–H groups in total. The number of nitrogens with one attached hydrogen (secondary N) is 1. The van der Waals surface area contributed by atoms with Crippen molar-refractivity contribution in [2.75, 3.05) is 4.72 Å². The zero-order valence-corrected chi connectivity index (χ0v) is 15.0. The first-order valence-electron chi connectivity index (χ1n) is 8.24. The molecule has 0 radical (unpaired) electrons. The lowest BCUT2D eigenvalue weighted by Crippen LogP contribution is -2.18. The summed E-state index contributed by atoms with van der Waals surface area (Å²) in [7, 11) is -3.68. The predicted octanol–water partition coefficient (Wildman–Crippen LogP) is 3.77. The summed E-state index contributed by atoms with van der Waals surface area (Å²) >= 11 is 0. The van der Waals surface area contributed by atoms with Gasteiger partial charge in [0.05, 0.1) is 16.2 Å². The van der Waals surface area contributed by atoms with E-state index in [0.29, 0.717) is 34.9 Å². The second-order valence-electron chi connectivity index (χ2n) is 6.09. The van der Waals surface area contributed by atoms with Crippen LogP contribution < -0.4 is 4.72 Å². The lowest BCUT2D eigenvalue weighted by molar-refractivity contribution is 0.533. The maximum Gasteiger partial charge on any atom is 0.258 e. The van der Waals surface area contributed by atoms with E-state index in [9.17, 15) is 8.42 Å². The van der Waals surface area contributed by atoms with Crippen LogP contribution in [-0.4, -0.2) is 18.6 Å². The average molecular weight is 367 g/mol. The van der Waals surface area contributed by atoms with Crippen LogP contribution in [0.25, 0.3) is 17.5 Å². The minimum absolute atomic E-state index is 0.281. The highest BCUT2D eigenvalue weighted by Crippen LogP contribution is 2.31. The van der Waals surface area contributed by atoms with Crippen LogP contribution in [0.2, 0.25) is 0 Å². The predicted molar refractivity (Wildman–Crippen MR) is 99.8 cm³/mol. The molecule has 0 atom stereocenters. The van der Waals surface area contributed by atoms with E-state index in [1.54, 1.807) is 37.3 Å². The number of allylic oxidation sites excluding steroid dienone is 1. The molecule has 4 rings (SSSR count). The van der Waals surface area contributed by atoms with Gasteiger partial charge < -0.3 is 4.42 Å². The van der Waals surface area contributed by atoms with Crippen molar-refractivity contribution in [2.24, 2.45) is 0 Å². The van der Waals surface area contributed by atoms with Crippen LogP contribution in [0.1, 0.15) is 23.4 Å². The first kappa shape index (κ1) is 16.5. The summed E-state index contributed by atoms with van der Waals surface area (Å²) in [5.41, 5.74) is 3.07. The third-order valence-corrected chi connectivity index (χ3v) is 5.79. The number of benzene rings is 2. The molecule has 7 heteroatoms. The smallest absolute Gasteiger partial charge is 0.258 e. The molecule has 1 heterocycles. The van der Waals surface area contributed by atoms with Crippen molar-refractivity contribution < 1.29 is 12.8 Å². The maximum absolute atomic E-state index is 12.9. The molecule has 0 unspecified atom stereocenters. The van der Waals surface area contributed by atoms with Gasteiger partial charge in [0.1, 0.15) is 0 Å². The number of anilines is 1. The number of aryl methyl sites for hydroxylation is 2. The molecule has 0 amide bonds. The number of aromatic nitrogens is 2. The molecule has 0 aliphatic heterocycles. The standard InChI is InChI=1S/C19H17N3O3S/c1-13-20-21-19(25-13)17-8-4-5-9-18(17)22-26(23,24)16-11-10-14-6-2-3-7-15(14)12-16/h2-9,12,22H,10-11H2,1H3. The average Bonchev–Trinajstić information content (AvgIpc) is 3.07. The second-order valence-corrected chi connectivity index (χ2v) is 7.82. The van der Waals surface area contributed by atoms with E-state index in [4.69, 9.17) is 4.42 Å². The van der Waals surface area contributed by atoms with E-state index < -0.39 is 10.0 Å². The Bertz CT molecular complexity index is 1100. The van der Waals surface area contributed by atoms with E-state index >= 15 is 0 Å². The van der Waals surface area contributed by atoms with E-state index in [1.807, 2.05) is 24.3 Å². The number of rotatable bonds is 4. The Hall–Kier alpha value is -2.93. The van der Waals surface area contributed by atoms with Crippen LogP contribution >= 0.6 is 0 Å². The summed E-state index contributed by atoms with van der Waals surface area (Å²) in [6, 6.07) is 14.8. The topological polar surface area (TPSA) is 85.1 Å². The van der Waals surface area contributed by atoms with Gasteiger partial charge in [0.25, 0.3) is 10.0 Å². The minimum atomic E-state index is -3.68. The maximum atomic E-state index is 12.9. The van der Waals surface area contributed by atoms with Crippen molar-refractivity contribution in [1.29, 1.82) is 0 Å². The van der Waals surface area contributed by atoms with Gasteiger partial charge in [-0.15, -0.1) is 10.2 Å². The van der Waals surface area contributed by atoms with Crippen LogP contribution in [0.4, 0.5) is 5.69 Å². The molecule has 2 aromatic carbocycles. The van der Waals surface area contributed by atoms with Crippen molar-refractivity contribution in [2.45, 2.75) is 19.8 Å². The Balaban J connectivity index is 1.69. The summed E-state index contributed by atoms with van der Waals surface area (Å²) in [4.78, 5) is 0.368. The Kier molecular flexibility index (Phi) is 4.08. The molecular formula is C19H17N3O3S. The Morgan fingerprint density at radius 1 is 1.00 bits per heavy atom. The van der Waals surface area contributed by atoms with Gasteiger partial charge in [-0.1, -0.05) is 36.4 Å². The van der Waals surface area contributed by atoms with Gasteiger partial charge in [0.2, 0.25) is 11.8 Å². The van der Waals surface area contributed by atoms with E-state index in [1.165, 1.54) is 0 Å². The highest BCUT2D eigenvalue weighted by Gasteiger charge is 2.23. The van der Waals surface area contributed by atoms with Crippen LogP contribution in [0, 0.1) is 6.92 Å². The number of nitrogens with zero attached hydrogens (tertiary/aromatic N) is 2. The molecule has 0 saturated heterocycles. The van der Waals surface area contributed by atoms with Gasteiger partial charge in [-0.3, -0.25) is 4.72 Å². The molecule has 3 aromatic rings. The van der Waals surface area contributed by atoms with Crippen LogP contribution in [0.15, 0.2) is 57.9 Å². The fourth-order valence-corrected chi connectivity index (χ4v) is 4.24. The summed E-state index contributed by atoms with van der Waals surface area (Å²) in [5.74, 6) is 0.702. The van der Waals surface area contributed by atoms with Gasteiger partial charge in [-0.2, -0.15) is 0 Å². The molecule has 26 heavy (non-hydrogen) atoms. The molecule has 132 valence electrons. The molecule has 0 fully saturated rings. The summed E-state index contributed by atoms with van der Waals surface area (Å²) in [5, 5.41) is 7.79. The SMILES string of the molecule is Cc1nnc(-c2ccccc2NS(=O)(=O)C2=Cc3ccccc3CC2)o1. The Labute approximate surface area is 151 Å². The number of hydrogen-bond donors (Lipinski definition) is 1. The van der Waals surface area contributed by atoms with Gasteiger partial charge in [-0.25, -0.2) is 8.42 Å². The van der Waals surface area contributed by atoms with Crippen molar-refractivity contribution in [1.82, 2.24) is 10.2 Å². The number of para-hydroxylation sites is 1. The molecule has 1 aliphatic rings. The largest absolute Gasteiger partial charge is 0.421 e. The fourth-order valence-electron chi connectivity index (χ4n) is 2.99. The van der Waals surface area contributed by atoms with Gasteiger partial charge in [-0.05, 0) is 42.2 Å². The number of sulfonamides is 1. The van der Waals surface area contributed by atoms with Gasteiger partial charge >= 0.3 is 0 Å². The summed E-state index contributed by atoms with van der Waals surface area (Å²) in [6.45, 7) is 1.69. The quantitative estimate of drug-likeness (QED) is 0.759. The third kappa shape index (κ3) is 3.13. The van der Waals surface area contributed by atoms with E-state index in [2.05, 4.69) is 14.9 Å². The van der Waals surface area contributed by atoms with Crippen molar-refractivity contribution in [3.8, 4) is 11.5 Å². The lowest BCUT2D eigenvalue weighted by atomic mass is 9.98. The summed E-state index contributed by atoms with van der Waals surface area (Å²) < 4.78 is 33.9. The molecule has 0 saturated carbocycles. The number of fused-ring (bicyclic) bond motifs is 1. The summed E-state index contributed by atoms with van der Waals surface area (Å²) in [6.07, 6.45) is 2.90. The first-order valence-corrected chi connectivity index (χ1v) is 9.72. The van der Waals surface area contributed by atoms with E-state index in [0.717, 1.165) is 11.1 Å². The lowest BCUT2D eigenvalue weighted by Gasteiger charge is -2.18. The Morgan fingerprint density at radius 2 is 1.77 bits per heavy atom. The molecule has 1 aliphatic carbocycles. The van der Waals surface area contributed by atoms with Crippen molar-refractivity contribution >= 4 is 21.8 Å². The first-order chi connectivity index (χ1) is 12.5. The van der Waals surface area contributed by atoms with Crippen LogP contribution in [0.3, 0.4) is 0 Å². The molecule has 6 nitrogen and oxygen atoms in total. The van der Waals surface area contributed by atoms with Crippen molar-refractivity contribution in [3.63, 3.8) is 0 Å².